The average molecular weight is 430 g/mol. The van der Waals surface area contributed by atoms with Gasteiger partial charge in [0.05, 0.1) is 16.1 Å². The van der Waals surface area contributed by atoms with Crippen LogP contribution >= 0.6 is 11.6 Å². The molecule has 158 valence electrons. The molecule has 1 saturated carbocycles. The van der Waals surface area contributed by atoms with Crippen molar-refractivity contribution in [2.45, 2.75) is 51.6 Å². The molecule has 1 amide bonds. The number of nitrogens with one attached hydrogen (secondary N) is 1. The molecular weight excluding hydrogens is 407 g/mol. The minimum atomic E-state index is -4.57. The van der Waals surface area contributed by atoms with E-state index in [0.29, 0.717) is 24.3 Å². The summed E-state index contributed by atoms with van der Waals surface area (Å²) >= 11 is 6.26. The first-order chi connectivity index (χ1) is 13.6. The third kappa shape index (κ3) is 4.69. The van der Waals surface area contributed by atoms with Crippen molar-refractivity contribution in [2.24, 2.45) is 11.7 Å². The number of hydrogen-bond acceptors (Lipinski definition) is 4. The molecule has 0 aliphatic heterocycles. The molecule has 29 heavy (non-hydrogen) atoms. The zero-order valence-electron chi connectivity index (χ0n) is 16.2. The molecule has 1 aliphatic rings. The molecule has 1 aromatic heterocycles. The van der Waals surface area contributed by atoms with Gasteiger partial charge in [0, 0.05) is 6.54 Å². The number of carbonyl (C=O) groups is 1. The van der Waals surface area contributed by atoms with Crippen LogP contribution in [0.1, 0.15) is 64.5 Å². The second-order valence-corrected chi connectivity index (χ2v) is 7.96. The quantitative estimate of drug-likeness (QED) is 0.662. The van der Waals surface area contributed by atoms with E-state index in [0.717, 1.165) is 48.7 Å². The van der Waals surface area contributed by atoms with Crippen LogP contribution in [0.2, 0.25) is 5.02 Å². The normalized spacial score (nSPS) is 19.9. The minimum Gasteiger partial charge on any atom is -0.380 e. The van der Waals surface area contributed by atoms with Gasteiger partial charge in [-0.05, 0) is 69.1 Å². The number of hydrogen-bond donors (Lipinski definition) is 2. The van der Waals surface area contributed by atoms with Crippen molar-refractivity contribution in [3.63, 3.8) is 0 Å². The zero-order chi connectivity index (χ0) is 21.3. The Kier molecular flexibility index (Phi) is 6.12. The lowest BCUT2D eigenvalue weighted by atomic mass is 9.78. The topological polar surface area (TPSA) is 81.2 Å². The van der Waals surface area contributed by atoms with E-state index < -0.39 is 17.6 Å². The first kappa shape index (κ1) is 21.5. The summed E-state index contributed by atoms with van der Waals surface area (Å²) in [4.78, 5) is 11.6. The molecule has 1 aliphatic carbocycles. The van der Waals surface area contributed by atoms with Gasteiger partial charge >= 0.3 is 6.18 Å². The smallest absolute Gasteiger partial charge is 0.380 e. The number of benzene rings is 1. The summed E-state index contributed by atoms with van der Waals surface area (Å²) in [5.74, 6) is 0.00367. The molecule has 0 atom stereocenters. The molecule has 2 aromatic rings. The summed E-state index contributed by atoms with van der Waals surface area (Å²) in [6, 6.07) is 1.79. The standard InChI is InChI=1S/C20H23ClF3N3O2/c1-10-18(11(2)29-27-10)26-9-12-3-5-13(6-4-12)15-7-14(20(22,23)24)8-16(17(15)21)19(25)28/h7-8,12-13,26H,3-6,9H2,1-2H3,(H2,25,28). The molecule has 0 unspecified atom stereocenters. The van der Waals surface area contributed by atoms with Gasteiger partial charge in [-0.2, -0.15) is 13.2 Å². The number of aromatic nitrogens is 1. The van der Waals surface area contributed by atoms with Crippen LogP contribution in [0.15, 0.2) is 16.7 Å². The summed E-state index contributed by atoms with van der Waals surface area (Å²) < 4.78 is 44.9. The van der Waals surface area contributed by atoms with E-state index >= 15 is 0 Å². The number of aryl methyl sites for hydroxylation is 2. The predicted molar refractivity (Wildman–Crippen MR) is 104 cm³/mol. The highest BCUT2D eigenvalue weighted by atomic mass is 35.5. The van der Waals surface area contributed by atoms with Crippen LogP contribution in [-0.2, 0) is 6.18 Å². The van der Waals surface area contributed by atoms with Crippen molar-refractivity contribution < 1.29 is 22.5 Å². The molecule has 9 heteroatoms. The maximum absolute atomic E-state index is 13.3. The highest BCUT2D eigenvalue weighted by molar-refractivity contribution is 6.34. The Hall–Kier alpha value is -2.22. The number of primary amides is 1. The molecule has 0 radical (unpaired) electrons. The number of nitrogens with zero attached hydrogens (tertiary/aromatic N) is 1. The van der Waals surface area contributed by atoms with Crippen LogP contribution in [0.5, 0.6) is 0 Å². The van der Waals surface area contributed by atoms with Gasteiger partial charge in [0.1, 0.15) is 11.4 Å². The van der Waals surface area contributed by atoms with E-state index in [1.165, 1.54) is 0 Å². The van der Waals surface area contributed by atoms with Crippen LogP contribution in [0.4, 0.5) is 18.9 Å². The van der Waals surface area contributed by atoms with E-state index in [2.05, 4.69) is 10.5 Å². The maximum Gasteiger partial charge on any atom is 0.416 e. The fourth-order valence-corrected chi connectivity index (χ4v) is 4.30. The van der Waals surface area contributed by atoms with Gasteiger partial charge < -0.3 is 15.6 Å². The summed E-state index contributed by atoms with van der Waals surface area (Å²) in [6.07, 6.45) is -1.53. The minimum absolute atomic E-state index is 0.0304. The number of nitrogens with two attached hydrogens (primary N) is 1. The van der Waals surface area contributed by atoms with Gasteiger partial charge in [-0.25, -0.2) is 0 Å². The van der Waals surface area contributed by atoms with Gasteiger partial charge in [-0.15, -0.1) is 0 Å². The Balaban J connectivity index is 1.72. The molecule has 3 rings (SSSR count). The van der Waals surface area contributed by atoms with Crippen LogP contribution in [-0.4, -0.2) is 17.6 Å². The summed E-state index contributed by atoms with van der Waals surface area (Å²) in [5, 5.41) is 7.30. The number of alkyl halides is 3. The lowest BCUT2D eigenvalue weighted by molar-refractivity contribution is -0.137. The number of halogens is 4. The van der Waals surface area contributed by atoms with Gasteiger partial charge in [0.25, 0.3) is 0 Å². The predicted octanol–water partition coefficient (Wildman–Crippen LogP) is 5.45. The van der Waals surface area contributed by atoms with Gasteiger partial charge in [0.15, 0.2) is 5.76 Å². The van der Waals surface area contributed by atoms with Gasteiger partial charge in [-0.3, -0.25) is 4.79 Å². The molecule has 1 aromatic carbocycles. The van der Waals surface area contributed by atoms with Crippen molar-refractivity contribution in [2.75, 3.05) is 11.9 Å². The SMILES string of the molecule is Cc1noc(C)c1NCC1CCC(c2cc(C(F)(F)F)cc(C(N)=O)c2Cl)CC1. The Morgan fingerprint density at radius 3 is 2.45 bits per heavy atom. The lowest BCUT2D eigenvalue weighted by Gasteiger charge is -2.30. The maximum atomic E-state index is 13.3. The fraction of sp³-hybridized carbons (Fsp3) is 0.500. The average Bonchev–Trinajstić information content (AvgIpc) is 2.97. The number of carbonyl (C=O) groups excluding carboxylic acids is 1. The molecule has 1 heterocycles. The van der Waals surface area contributed by atoms with E-state index in [4.69, 9.17) is 21.9 Å². The zero-order valence-corrected chi connectivity index (χ0v) is 17.0. The summed E-state index contributed by atoms with van der Waals surface area (Å²) in [7, 11) is 0. The Labute approximate surface area is 171 Å². The third-order valence-corrected chi connectivity index (χ3v) is 6.00. The highest BCUT2D eigenvalue weighted by Crippen LogP contribution is 2.42. The van der Waals surface area contributed by atoms with Crippen LogP contribution in [0, 0.1) is 19.8 Å². The van der Waals surface area contributed by atoms with Crippen molar-refractivity contribution >= 4 is 23.2 Å². The second-order valence-electron chi connectivity index (χ2n) is 7.59. The lowest BCUT2D eigenvalue weighted by Crippen LogP contribution is -2.22. The molecule has 5 nitrogen and oxygen atoms in total. The first-order valence-corrected chi connectivity index (χ1v) is 9.83. The largest absolute Gasteiger partial charge is 0.416 e. The van der Waals surface area contributed by atoms with Crippen molar-refractivity contribution in [3.05, 3.63) is 45.3 Å². The van der Waals surface area contributed by atoms with Crippen LogP contribution < -0.4 is 11.1 Å². The number of anilines is 1. The van der Waals surface area contributed by atoms with Crippen molar-refractivity contribution in [1.82, 2.24) is 5.16 Å². The fourth-order valence-electron chi connectivity index (χ4n) is 3.95. The van der Waals surface area contributed by atoms with Crippen molar-refractivity contribution in [3.8, 4) is 0 Å². The first-order valence-electron chi connectivity index (χ1n) is 9.45. The molecule has 0 spiro atoms. The third-order valence-electron chi connectivity index (χ3n) is 5.58. The molecular formula is C20H23ClF3N3O2. The van der Waals surface area contributed by atoms with Crippen molar-refractivity contribution in [1.29, 1.82) is 0 Å². The van der Waals surface area contributed by atoms with E-state index in [9.17, 15) is 18.0 Å². The van der Waals surface area contributed by atoms with Crippen LogP contribution in [0.25, 0.3) is 0 Å². The van der Waals surface area contributed by atoms with Gasteiger partial charge in [-0.1, -0.05) is 16.8 Å². The monoisotopic (exact) mass is 429 g/mol. The Morgan fingerprint density at radius 2 is 1.93 bits per heavy atom. The Bertz CT molecular complexity index is 884. The molecule has 3 N–H and O–H groups in total. The highest BCUT2D eigenvalue weighted by Gasteiger charge is 2.34. The van der Waals surface area contributed by atoms with Gasteiger partial charge in [0.2, 0.25) is 5.91 Å². The number of rotatable bonds is 5. The van der Waals surface area contributed by atoms with Crippen LogP contribution in [0.3, 0.4) is 0 Å². The molecule has 1 fully saturated rings. The summed E-state index contributed by atoms with van der Waals surface area (Å²) in [6.45, 7) is 4.44. The second kappa shape index (κ2) is 8.26. The van der Waals surface area contributed by atoms with E-state index in [1.54, 1.807) is 0 Å². The molecule has 0 bridgehead atoms. The number of amides is 1. The van der Waals surface area contributed by atoms with E-state index in [-0.39, 0.29) is 16.5 Å². The van der Waals surface area contributed by atoms with E-state index in [1.807, 2.05) is 13.8 Å². The molecule has 0 saturated heterocycles. The summed E-state index contributed by atoms with van der Waals surface area (Å²) in [5.41, 5.74) is 6.11. The Morgan fingerprint density at radius 1 is 1.28 bits per heavy atom.